The lowest BCUT2D eigenvalue weighted by molar-refractivity contribution is -0.137. The van der Waals surface area contributed by atoms with Crippen molar-refractivity contribution in [2.24, 2.45) is 25.9 Å². The zero-order valence-corrected chi connectivity index (χ0v) is 19.2. The Labute approximate surface area is 191 Å². The fourth-order valence-electron chi connectivity index (χ4n) is 5.32. The van der Waals surface area contributed by atoms with Crippen LogP contribution >= 0.6 is 0 Å². The maximum absolute atomic E-state index is 13.1. The van der Waals surface area contributed by atoms with E-state index in [1.165, 1.54) is 6.07 Å². The van der Waals surface area contributed by atoms with Crippen LogP contribution in [0, 0.1) is 11.8 Å². The number of carbonyl (C=O) groups is 1. The summed E-state index contributed by atoms with van der Waals surface area (Å²) in [6.45, 7) is 3.64. The minimum absolute atomic E-state index is 0.0618. The van der Waals surface area contributed by atoms with Gasteiger partial charge in [0, 0.05) is 71.1 Å². The fourth-order valence-corrected chi connectivity index (χ4v) is 5.32. The minimum atomic E-state index is -0.209. The summed E-state index contributed by atoms with van der Waals surface area (Å²) in [6.07, 6.45) is 5.45. The molecule has 2 aliphatic rings. The van der Waals surface area contributed by atoms with E-state index in [1.807, 2.05) is 24.2 Å². The minimum Gasteiger partial charge on any atom is -0.352 e. The van der Waals surface area contributed by atoms with Crippen molar-refractivity contribution in [2.75, 3.05) is 31.1 Å². The molecule has 4 heterocycles. The molecule has 10 nitrogen and oxygen atoms in total. The van der Waals surface area contributed by atoms with Crippen LogP contribution in [0.4, 0.5) is 5.82 Å². The predicted molar refractivity (Wildman–Crippen MR) is 125 cm³/mol. The molecule has 3 aromatic rings. The van der Waals surface area contributed by atoms with Crippen LogP contribution in [0.2, 0.25) is 0 Å². The third-order valence-corrected chi connectivity index (χ3v) is 7.28. The van der Waals surface area contributed by atoms with Crippen LogP contribution in [0.3, 0.4) is 0 Å². The van der Waals surface area contributed by atoms with Crippen molar-refractivity contribution in [1.29, 1.82) is 0 Å². The summed E-state index contributed by atoms with van der Waals surface area (Å²) in [5.74, 6) is 1.62. The molecule has 0 bridgehead atoms. The first kappa shape index (κ1) is 21.5. The van der Waals surface area contributed by atoms with Gasteiger partial charge in [-0.3, -0.25) is 23.4 Å². The van der Waals surface area contributed by atoms with Crippen LogP contribution in [0.5, 0.6) is 0 Å². The van der Waals surface area contributed by atoms with Crippen molar-refractivity contribution < 1.29 is 4.79 Å². The number of H-pyrrole nitrogens is 1. The Kier molecular flexibility index (Phi) is 5.59. The van der Waals surface area contributed by atoms with E-state index in [0.717, 1.165) is 63.2 Å². The maximum atomic E-state index is 13.1. The highest BCUT2D eigenvalue weighted by atomic mass is 16.2. The molecule has 1 aliphatic carbocycles. The largest absolute Gasteiger partial charge is 0.352 e. The van der Waals surface area contributed by atoms with E-state index in [2.05, 4.69) is 15.0 Å². The molecule has 0 unspecified atom stereocenters. The summed E-state index contributed by atoms with van der Waals surface area (Å²) in [4.78, 5) is 44.7. The summed E-state index contributed by atoms with van der Waals surface area (Å²) < 4.78 is 5.06. The number of aromatic amines is 1. The number of aryl methyl sites for hydroxylation is 2. The lowest BCUT2D eigenvalue weighted by Gasteiger charge is -2.38. The summed E-state index contributed by atoms with van der Waals surface area (Å²) in [5, 5.41) is 4.46. The molecule has 1 aliphatic heterocycles. The molecule has 1 N–H and O–H groups in total. The number of imidazole rings is 1. The van der Waals surface area contributed by atoms with Crippen LogP contribution in [0.1, 0.15) is 25.7 Å². The molecule has 1 saturated carbocycles. The van der Waals surface area contributed by atoms with Crippen molar-refractivity contribution in [3.63, 3.8) is 0 Å². The number of hydrogen-bond donors (Lipinski definition) is 1. The number of rotatable bonds is 4. The van der Waals surface area contributed by atoms with E-state index in [4.69, 9.17) is 0 Å². The summed E-state index contributed by atoms with van der Waals surface area (Å²) in [7, 11) is 3.64. The molecule has 176 valence electrons. The van der Waals surface area contributed by atoms with Crippen molar-refractivity contribution in [3.05, 3.63) is 45.2 Å². The van der Waals surface area contributed by atoms with Gasteiger partial charge in [0.15, 0.2) is 5.82 Å². The molecular weight excluding hydrogens is 422 g/mol. The van der Waals surface area contributed by atoms with E-state index in [9.17, 15) is 14.4 Å². The Bertz CT molecular complexity index is 1270. The van der Waals surface area contributed by atoms with E-state index in [0.29, 0.717) is 18.1 Å². The van der Waals surface area contributed by atoms with E-state index >= 15 is 0 Å². The molecule has 0 atom stereocenters. The van der Waals surface area contributed by atoms with Gasteiger partial charge in [-0.1, -0.05) is 0 Å². The molecular formula is C23H31N7O3. The topological polar surface area (TPSA) is 101 Å². The van der Waals surface area contributed by atoms with Gasteiger partial charge in [0.05, 0.1) is 5.52 Å². The Morgan fingerprint density at radius 2 is 1.76 bits per heavy atom. The second-order valence-corrected chi connectivity index (χ2v) is 9.39. The van der Waals surface area contributed by atoms with E-state index in [-0.39, 0.29) is 23.1 Å². The van der Waals surface area contributed by atoms with Gasteiger partial charge in [-0.05, 0) is 37.7 Å². The van der Waals surface area contributed by atoms with Crippen molar-refractivity contribution in [1.82, 2.24) is 28.8 Å². The molecule has 2 fully saturated rings. The summed E-state index contributed by atoms with van der Waals surface area (Å²) >= 11 is 0. The second kappa shape index (κ2) is 8.57. The van der Waals surface area contributed by atoms with Crippen molar-refractivity contribution >= 4 is 22.9 Å². The SMILES string of the molecule is Cn1ccc(N2CCN(C(=O)C3CCC(Cn4c(=O)n(C)c5ccc(=O)[nH]c54)CC3)CC2)n1. The summed E-state index contributed by atoms with van der Waals surface area (Å²) in [6, 6.07) is 5.14. The first-order valence-corrected chi connectivity index (χ1v) is 11.7. The van der Waals surface area contributed by atoms with Gasteiger partial charge in [-0.15, -0.1) is 0 Å². The number of aromatic nitrogens is 5. The molecule has 33 heavy (non-hydrogen) atoms. The molecule has 1 saturated heterocycles. The van der Waals surface area contributed by atoms with Crippen molar-refractivity contribution in [3.8, 4) is 0 Å². The van der Waals surface area contributed by atoms with Gasteiger partial charge in [0.2, 0.25) is 11.5 Å². The fraction of sp³-hybridized carbons (Fsp3) is 0.565. The average Bonchev–Trinajstić information content (AvgIpc) is 3.36. The third-order valence-electron chi connectivity index (χ3n) is 7.28. The molecule has 10 heteroatoms. The molecule has 0 spiro atoms. The molecule has 0 radical (unpaired) electrons. The van der Waals surface area contributed by atoms with Gasteiger partial charge in [0.1, 0.15) is 5.65 Å². The summed E-state index contributed by atoms with van der Waals surface area (Å²) in [5.41, 5.74) is 0.988. The van der Waals surface area contributed by atoms with Crippen LogP contribution in [0.15, 0.2) is 34.0 Å². The smallest absolute Gasteiger partial charge is 0.330 e. The second-order valence-electron chi connectivity index (χ2n) is 9.39. The molecule has 0 aromatic carbocycles. The van der Waals surface area contributed by atoms with E-state index < -0.39 is 0 Å². The highest BCUT2D eigenvalue weighted by molar-refractivity contribution is 5.79. The number of amides is 1. The Balaban J connectivity index is 1.17. The molecule has 3 aromatic heterocycles. The molecule has 5 rings (SSSR count). The number of nitrogens with zero attached hydrogens (tertiary/aromatic N) is 6. The van der Waals surface area contributed by atoms with Crippen LogP contribution in [0.25, 0.3) is 11.2 Å². The zero-order chi connectivity index (χ0) is 23.1. The number of fused-ring (bicyclic) bond motifs is 1. The Morgan fingerprint density at radius 1 is 1.03 bits per heavy atom. The number of nitrogens with one attached hydrogen (secondary N) is 1. The quantitative estimate of drug-likeness (QED) is 0.633. The van der Waals surface area contributed by atoms with Gasteiger partial charge in [0.25, 0.3) is 0 Å². The monoisotopic (exact) mass is 453 g/mol. The Hall–Kier alpha value is -3.30. The number of hydrogen-bond acceptors (Lipinski definition) is 5. The van der Waals surface area contributed by atoms with Gasteiger partial charge in [-0.2, -0.15) is 5.10 Å². The lowest BCUT2D eigenvalue weighted by Crippen LogP contribution is -2.51. The number of anilines is 1. The number of carbonyl (C=O) groups excluding carboxylic acids is 1. The Morgan fingerprint density at radius 3 is 2.42 bits per heavy atom. The van der Waals surface area contributed by atoms with Crippen molar-refractivity contribution in [2.45, 2.75) is 32.2 Å². The number of pyridine rings is 1. The highest BCUT2D eigenvalue weighted by Gasteiger charge is 2.32. The first-order chi connectivity index (χ1) is 15.9. The first-order valence-electron chi connectivity index (χ1n) is 11.7. The number of piperazine rings is 1. The van der Waals surface area contributed by atoms with Crippen LogP contribution in [-0.4, -0.2) is 60.9 Å². The van der Waals surface area contributed by atoms with E-state index in [1.54, 1.807) is 26.9 Å². The zero-order valence-electron chi connectivity index (χ0n) is 19.2. The van der Waals surface area contributed by atoms with Gasteiger partial charge < -0.3 is 14.8 Å². The van der Waals surface area contributed by atoms with Crippen LogP contribution < -0.4 is 16.1 Å². The third kappa shape index (κ3) is 4.09. The van der Waals surface area contributed by atoms with Crippen LogP contribution in [-0.2, 0) is 25.4 Å². The standard InChI is InChI=1S/C23H31N7O3/c1-26-10-9-19(25-26)28-11-13-29(14-12-28)22(32)17-5-3-16(4-6-17)15-30-21-18(27(2)23(30)33)7-8-20(31)24-21/h7-10,16-17H,3-6,11-15H2,1-2H3,(H,24,31). The van der Waals surface area contributed by atoms with Gasteiger partial charge >= 0.3 is 5.69 Å². The normalized spacial score (nSPS) is 21.6. The lowest BCUT2D eigenvalue weighted by atomic mass is 9.81. The average molecular weight is 454 g/mol. The maximum Gasteiger partial charge on any atom is 0.330 e. The predicted octanol–water partition coefficient (Wildman–Crippen LogP) is 0.917. The van der Waals surface area contributed by atoms with Gasteiger partial charge in [-0.25, -0.2) is 4.79 Å². The molecule has 1 amide bonds. The highest BCUT2D eigenvalue weighted by Crippen LogP contribution is 2.31.